The van der Waals surface area contributed by atoms with Crippen molar-refractivity contribution in [3.63, 3.8) is 0 Å². The summed E-state index contributed by atoms with van der Waals surface area (Å²) in [6, 6.07) is 5.26. The number of carbonyl (C=O) groups excluding carboxylic acids is 1. The molecule has 0 atom stereocenters. The van der Waals surface area contributed by atoms with E-state index in [1.807, 2.05) is 0 Å². The summed E-state index contributed by atoms with van der Waals surface area (Å²) in [5.41, 5.74) is 1.58. The van der Waals surface area contributed by atoms with E-state index in [2.05, 4.69) is 9.97 Å². The minimum atomic E-state index is -0.552. The second-order valence-corrected chi connectivity index (χ2v) is 9.08. The van der Waals surface area contributed by atoms with Gasteiger partial charge in [-0.25, -0.2) is 13.8 Å². The summed E-state index contributed by atoms with van der Waals surface area (Å²) in [4.78, 5) is 34.7. The van der Waals surface area contributed by atoms with Gasteiger partial charge >= 0.3 is 0 Å². The van der Waals surface area contributed by atoms with Gasteiger partial charge in [0, 0.05) is 43.3 Å². The zero-order valence-electron chi connectivity index (χ0n) is 17.9. The lowest BCUT2D eigenvalue weighted by Crippen LogP contribution is -2.26. The lowest BCUT2D eigenvalue weighted by molar-refractivity contribution is 0.0750. The number of fused-ring (bicyclic) bond motifs is 4. The number of aromatic nitrogens is 3. The number of aromatic amines is 1. The number of nitrogens with zero attached hydrogens (tertiary/aromatic N) is 3. The maximum atomic E-state index is 14.2. The maximum Gasteiger partial charge on any atom is 0.274 e. The summed E-state index contributed by atoms with van der Waals surface area (Å²) in [5, 5.41) is 0.175. The van der Waals surface area contributed by atoms with Crippen molar-refractivity contribution in [2.75, 3.05) is 13.2 Å². The van der Waals surface area contributed by atoms with Crippen LogP contribution in [-0.4, -0.2) is 38.4 Å². The number of amides is 1. The van der Waals surface area contributed by atoms with Gasteiger partial charge in [0.1, 0.15) is 23.0 Å². The minimum Gasteiger partial charge on any atom is -0.381 e. The highest BCUT2D eigenvalue weighted by atomic mass is 35.5. The Bertz CT molecular complexity index is 1510. The van der Waals surface area contributed by atoms with Crippen LogP contribution in [0.4, 0.5) is 8.78 Å². The molecule has 0 radical (unpaired) electrons. The van der Waals surface area contributed by atoms with Gasteiger partial charge in [-0.2, -0.15) is 0 Å². The van der Waals surface area contributed by atoms with E-state index in [4.69, 9.17) is 16.3 Å². The number of imidazole rings is 1. The smallest absolute Gasteiger partial charge is 0.274 e. The monoisotopic (exact) mass is 484 g/mol. The number of halogens is 3. The van der Waals surface area contributed by atoms with Gasteiger partial charge in [-0.3, -0.25) is 14.0 Å². The molecule has 7 nitrogen and oxygen atoms in total. The summed E-state index contributed by atoms with van der Waals surface area (Å²) in [6.07, 6.45) is 3.13. The number of hydrogen-bond donors (Lipinski definition) is 1. The molecule has 10 heteroatoms. The van der Waals surface area contributed by atoms with Crippen LogP contribution in [0.2, 0.25) is 5.02 Å². The molecule has 0 bridgehead atoms. The summed E-state index contributed by atoms with van der Waals surface area (Å²) >= 11 is 6.55. The van der Waals surface area contributed by atoms with Crippen molar-refractivity contribution in [1.82, 2.24) is 19.3 Å². The fourth-order valence-corrected chi connectivity index (χ4v) is 5.19. The summed E-state index contributed by atoms with van der Waals surface area (Å²) in [7, 11) is 0. The Morgan fingerprint density at radius 2 is 1.76 bits per heavy atom. The molecular formula is C24H19ClF2N4O3. The molecule has 2 aromatic heterocycles. The lowest BCUT2D eigenvalue weighted by Gasteiger charge is -2.21. The van der Waals surface area contributed by atoms with Crippen molar-refractivity contribution in [2.24, 2.45) is 0 Å². The third kappa shape index (κ3) is 3.22. The van der Waals surface area contributed by atoms with Gasteiger partial charge in [0.15, 0.2) is 0 Å². The van der Waals surface area contributed by atoms with E-state index < -0.39 is 17.5 Å². The van der Waals surface area contributed by atoms with Crippen LogP contribution < -0.4 is 5.56 Å². The lowest BCUT2D eigenvalue weighted by atomic mass is 9.99. The molecule has 0 unspecified atom stereocenters. The molecule has 1 saturated heterocycles. The van der Waals surface area contributed by atoms with Gasteiger partial charge in [-0.1, -0.05) is 11.6 Å². The van der Waals surface area contributed by atoms with Gasteiger partial charge in [0.2, 0.25) is 0 Å². The van der Waals surface area contributed by atoms with Crippen molar-refractivity contribution in [3.05, 3.63) is 80.0 Å². The molecule has 1 amide bonds. The zero-order valence-corrected chi connectivity index (χ0v) is 18.7. The van der Waals surface area contributed by atoms with Gasteiger partial charge in [-0.05, 0) is 37.1 Å². The predicted octanol–water partition coefficient (Wildman–Crippen LogP) is 4.16. The number of ether oxygens (including phenoxy) is 1. The Kier molecular flexibility index (Phi) is 4.93. The molecule has 34 heavy (non-hydrogen) atoms. The maximum absolute atomic E-state index is 14.2. The van der Waals surface area contributed by atoms with Crippen molar-refractivity contribution in [2.45, 2.75) is 31.8 Å². The Morgan fingerprint density at radius 1 is 1.09 bits per heavy atom. The van der Waals surface area contributed by atoms with Gasteiger partial charge < -0.3 is 14.6 Å². The Morgan fingerprint density at radius 3 is 2.44 bits per heavy atom. The fraction of sp³-hybridized carbons (Fsp3) is 0.292. The number of carbonyl (C=O) groups is 1. The van der Waals surface area contributed by atoms with Crippen LogP contribution >= 0.6 is 11.6 Å². The predicted molar refractivity (Wildman–Crippen MR) is 121 cm³/mol. The molecule has 2 aliphatic rings. The van der Waals surface area contributed by atoms with Crippen molar-refractivity contribution in [1.29, 1.82) is 0 Å². The van der Waals surface area contributed by atoms with Crippen LogP contribution in [-0.2, 0) is 17.8 Å². The van der Waals surface area contributed by atoms with Crippen molar-refractivity contribution >= 4 is 34.1 Å². The first-order valence-electron chi connectivity index (χ1n) is 11.0. The molecule has 2 aliphatic heterocycles. The van der Waals surface area contributed by atoms with Gasteiger partial charge in [0.25, 0.3) is 11.5 Å². The molecule has 2 aromatic carbocycles. The van der Waals surface area contributed by atoms with E-state index >= 15 is 0 Å². The van der Waals surface area contributed by atoms with E-state index in [9.17, 15) is 18.4 Å². The van der Waals surface area contributed by atoms with E-state index in [0.717, 1.165) is 30.8 Å². The fourth-order valence-electron chi connectivity index (χ4n) is 4.95. The van der Waals surface area contributed by atoms with Gasteiger partial charge in [0.05, 0.1) is 27.8 Å². The second-order valence-electron chi connectivity index (χ2n) is 8.67. The highest BCUT2D eigenvalue weighted by molar-refractivity contribution is 6.34. The third-order valence-electron chi connectivity index (χ3n) is 6.72. The van der Waals surface area contributed by atoms with Crippen LogP contribution in [0.3, 0.4) is 0 Å². The van der Waals surface area contributed by atoms with Crippen LogP contribution in [0, 0.1) is 11.6 Å². The highest BCUT2D eigenvalue weighted by Crippen LogP contribution is 2.33. The van der Waals surface area contributed by atoms with Crippen molar-refractivity contribution in [3.8, 4) is 0 Å². The van der Waals surface area contributed by atoms with Crippen molar-refractivity contribution < 1.29 is 18.3 Å². The Balaban J connectivity index is 1.44. The first-order valence-corrected chi connectivity index (χ1v) is 11.4. The quantitative estimate of drug-likeness (QED) is 0.463. The Hall–Kier alpha value is -3.30. The summed E-state index contributed by atoms with van der Waals surface area (Å²) in [6.45, 7) is 1.13. The molecule has 1 N–H and O–H groups in total. The topological polar surface area (TPSA) is 79.7 Å². The third-order valence-corrected chi connectivity index (χ3v) is 7.03. The standard InChI is InChI=1S/C24H19ClF2N4O3/c25-16-8-20-19(29-23(32)21-9-28-22(31(20)21)12-3-5-34-6-4-12)7-13(16)24(33)30-10-14-15(11-30)18(27)2-1-17(14)26/h1-2,7-9,12H,3-6,10-11H2,(H,29,32). The van der Waals surface area contributed by atoms with E-state index in [-0.39, 0.29) is 46.3 Å². The normalized spacial score (nSPS) is 16.5. The number of rotatable bonds is 2. The molecule has 0 spiro atoms. The molecule has 6 rings (SSSR count). The Labute approximate surface area is 196 Å². The van der Waals surface area contributed by atoms with Gasteiger partial charge in [-0.15, -0.1) is 0 Å². The number of hydrogen-bond acceptors (Lipinski definition) is 4. The second kappa shape index (κ2) is 7.89. The van der Waals surface area contributed by atoms with Crippen LogP contribution in [0.15, 0.2) is 35.3 Å². The van der Waals surface area contributed by atoms with E-state index in [0.29, 0.717) is 29.8 Å². The van der Waals surface area contributed by atoms with Crippen LogP contribution in [0.25, 0.3) is 16.6 Å². The minimum absolute atomic E-state index is 0.0584. The largest absolute Gasteiger partial charge is 0.381 e. The number of nitrogens with one attached hydrogen (secondary N) is 1. The molecule has 4 aromatic rings. The van der Waals surface area contributed by atoms with Crippen LogP contribution in [0.1, 0.15) is 46.1 Å². The molecule has 0 aliphatic carbocycles. The molecule has 1 fully saturated rings. The highest BCUT2D eigenvalue weighted by Gasteiger charge is 2.30. The number of H-pyrrole nitrogens is 1. The van der Waals surface area contributed by atoms with Crippen LogP contribution in [0.5, 0.6) is 0 Å². The average Bonchev–Trinajstić information content (AvgIpc) is 3.49. The molecular weight excluding hydrogens is 466 g/mol. The zero-order chi connectivity index (χ0) is 23.6. The number of benzene rings is 2. The molecule has 4 heterocycles. The first-order chi connectivity index (χ1) is 16.4. The first kappa shape index (κ1) is 21.2. The average molecular weight is 485 g/mol. The SMILES string of the molecule is O=C(c1cc2[nH]c(=O)c3cnc(C4CCOCC4)n3c2cc1Cl)N1Cc2c(F)ccc(F)c2C1. The molecule has 0 saturated carbocycles. The molecule has 174 valence electrons. The summed E-state index contributed by atoms with van der Waals surface area (Å²) < 4.78 is 35.6. The van der Waals surface area contributed by atoms with E-state index in [1.54, 1.807) is 16.7 Å². The summed E-state index contributed by atoms with van der Waals surface area (Å²) in [5.74, 6) is -0.689. The van der Waals surface area contributed by atoms with E-state index in [1.165, 1.54) is 11.0 Å².